The smallest absolute Gasteiger partial charge is 0.0451 e. The van der Waals surface area contributed by atoms with Crippen molar-refractivity contribution in [1.82, 2.24) is 0 Å². The van der Waals surface area contributed by atoms with E-state index in [4.69, 9.17) is 0 Å². The van der Waals surface area contributed by atoms with Crippen LogP contribution >= 0.6 is 34.0 Å². The van der Waals surface area contributed by atoms with Crippen LogP contribution in [0.25, 0.3) is 47.0 Å². The molecule has 30 heavy (non-hydrogen) atoms. The van der Waals surface area contributed by atoms with E-state index in [1.165, 1.54) is 61.6 Å². The highest BCUT2D eigenvalue weighted by atomic mass is 32.1. The van der Waals surface area contributed by atoms with E-state index in [1.807, 2.05) is 52.2 Å². The van der Waals surface area contributed by atoms with E-state index in [2.05, 4.69) is 71.8 Å². The molecule has 3 aliphatic carbocycles. The second-order valence-corrected chi connectivity index (χ2v) is 10.5. The van der Waals surface area contributed by atoms with Crippen LogP contribution in [0, 0.1) is 0 Å². The summed E-state index contributed by atoms with van der Waals surface area (Å²) >= 11 is 5.64. The zero-order chi connectivity index (χ0) is 19.7. The Morgan fingerprint density at radius 2 is 0.800 bits per heavy atom. The highest BCUT2D eigenvalue weighted by Gasteiger charge is 2.20. The predicted molar refractivity (Wildman–Crippen MR) is 134 cm³/mol. The summed E-state index contributed by atoms with van der Waals surface area (Å²) in [5.74, 6) is 0. The van der Waals surface area contributed by atoms with Crippen LogP contribution in [0.4, 0.5) is 0 Å². The summed E-state index contributed by atoms with van der Waals surface area (Å²) in [6, 6.07) is 7.07. The molecular formula is C27H12S3. The number of rotatable bonds is 3. The molecule has 0 unspecified atom stereocenters. The van der Waals surface area contributed by atoms with E-state index >= 15 is 0 Å². The molecule has 138 valence electrons. The lowest BCUT2D eigenvalue weighted by molar-refractivity contribution is 1.93. The van der Waals surface area contributed by atoms with Gasteiger partial charge in [-0.05, 0) is 54.7 Å². The van der Waals surface area contributed by atoms with E-state index in [-0.39, 0.29) is 0 Å². The van der Waals surface area contributed by atoms with Crippen molar-refractivity contribution in [3.63, 3.8) is 0 Å². The van der Waals surface area contributed by atoms with E-state index in [9.17, 15) is 0 Å². The van der Waals surface area contributed by atoms with Crippen molar-refractivity contribution in [3.8, 4) is 0 Å². The molecule has 0 atom stereocenters. The van der Waals surface area contributed by atoms with Crippen molar-refractivity contribution < 1.29 is 0 Å². The van der Waals surface area contributed by atoms with Crippen LogP contribution in [0.2, 0.25) is 0 Å². The first kappa shape index (κ1) is 16.7. The van der Waals surface area contributed by atoms with E-state index < -0.39 is 0 Å². The highest BCUT2D eigenvalue weighted by molar-refractivity contribution is 7.27. The summed E-state index contributed by atoms with van der Waals surface area (Å²) < 4.78 is 4.11. The number of fused-ring (bicyclic) bond motifs is 6. The minimum Gasteiger partial charge on any atom is -0.134 e. The van der Waals surface area contributed by atoms with Crippen LogP contribution in [0.5, 0.6) is 0 Å². The van der Waals surface area contributed by atoms with Crippen LogP contribution < -0.4 is 0 Å². The lowest BCUT2D eigenvalue weighted by atomic mass is 10.1. The fourth-order valence-electron chi connectivity index (χ4n) is 4.13. The number of hydrogen-bond donors (Lipinski definition) is 0. The number of benzene rings is 1. The van der Waals surface area contributed by atoms with Crippen LogP contribution in [0.15, 0.2) is 90.1 Å². The average Bonchev–Trinajstić information content (AvgIpc) is 3.59. The second-order valence-electron chi connectivity index (χ2n) is 7.31. The number of hydrogen-bond acceptors (Lipinski definition) is 3. The predicted octanol–water partition coefficient (Wildman–Crippen LogP) is 8.66. The summed E-state index contributed by atoms with van der Waals surface area (Å²) in [6.45, 7) is 0. The van der Waals surface area contributed by atoms with Crippen molar-refractivity contribution in [1.29, 1.82) is 0 Å². The van der Waals surface area contributed by atoms with Gasteiger partial charge in [0.2, 0.25) is 0 Å². The molecule has 0 saturated carbocycles. The fourth-order valence-corrected chi connectivity index (χ4v) is 7.85. The van der Waals surface area contributed by atoms with Gasteiger partial charge in [0.1, 0.15) is 0 Å². The molecule has 4 aromatic rings. The Balaban J connectivity index is 1.61. The first-order valence-electron chi connectivity index (χ1n) is 9.69. The Bertz CT molecular complexity index is 1420. The normalized spacial score (nSPS) is 16.2. The van der Waals surface area contributed by atoms with Gasteiger partial charge >= 0.3 is 0 Å². The van der Waals surface area contributed by atoms with Gasteiger partial charge in [-0.25, -0.2) is 0 Å². The molecular weight excluding hydrogens is 420 g/mol. The van der Waals surface area contributed by atoms with Gasteiger partial charge in [0, 0.05) is 61.6 Å². The maximum absolute atomic E-state index is 3.37. The molecule has 3 aliphatic rings. The summed E-state index contributed by atoms with van der Waals surface area (Å²) in [5, 5.41) is 4.06. The SMILES string of the molecule is C1=CC=CC=1c1cc2c(s1)c1cc(C3=C=CC=C3)sc1c1cc(C3=C=CC=C3)sc21. The third-order valence-electron chi connectivity index (χ3n) is 5.52. The van der Waals surface area contributed by atoms with Crippen molar-refractivity contribution in [2.75, 3.05) is 0 Å². The molecule has 3 heteroatoms. The van der Waals surface area contributed by atoms with Crippen LogP contribution in [-0.2, 0) is 0 Å². The highest BCUT2D eigenvalue weighted by Crippen LogP contribution is 2.49. The van der Waals surface area contributed by atoms with Gasteiger partial charge in [0.15, 0.2) is 0 Å². The first-order chi connectivity index (χ1) is 14.8. The molecule has 0 radical (unpaired) electrons. The van der Waals surface area contributed by atoms with Crippen molar-refractivity contribution in [3.05, 3.63) is 105 Å². The average molecular weight is 433 g/mol. The summed E-state index contributed by atoms with van der Waals surface area (Å²) in [7, 11) is 0. The molecule has 3 aromatic heterocycles. The Kier molecular flexibility index (Phi) is 3.44. The summed E-state index contributed by atoms with van der Waals surface area (Å²) in [6.07, 6.45) is 18.6. The van der Waals surface area contributed by atoms with Gasteiger partial charge in [0.05, 0.1) is 0 Å². The van der Waals surface area contributed by atoms with Crippen molar-refractivity contribution in [2.24, 2.45) is 0 Å². The molecule has 0 saturated heterocycles. The number of thiophene rings is 3. The Morgan fingerprint density at radius 1 is 0.467 bits per heavy atom. The molecule has 3 heterocycles. The van der Waals surface area contributed by atoms with Crippen LogP contribution in [-0.4, -0.2) is 0 Å². The molecule has 0 fully saturated rings. The quantitative estimate of drug-likeness (QED) is 0.284. The topological polar surface area (TPSA) is 0 Å². The molecule has 1 aromatic carbocycles. The minimum atomic E-state index is 1.18. The fraction of sp³-hybridized carbons (Fsp3) is 0. The Hall–Kier alpha value is -3.12. The lowest BCUT2D eigenvalue weighted by Gasteiger charge is -1.96. The van der Waals surface area contributed by atoms with Gasteiger partial charge in [-0.3, -0.25) is 0 Å². The van der Waals surface area contributed by atoms with Crippen LogP contribution in [0.3, 0.4) is 0 Å². The molecule has 0 bridgehead atoms. The second kappa shape index (κ2) is 6.19. The van der Waals surface area contributed by atoms with E-state index in [0.29, 0.717) is 0 Å². The van der Waals surface area contributed by atoms with E-state index in [0.717, 1.165) is 0 Å². The number of allylic oxidation sites excluding steroid dienone is 9. The zero-order valence-corrected chi connectivity index (χ0v) is 18.1. The van der Waals surface area contributed by atoms with Gasteiger partial charge in [-0.15, -0.1) is 51.2 Å². The molecule has 0 nitrogen and oxygen atoms in total. The van der Waals surface area contributed by atoms with E-state index in [1.54, 1.807) is 0 Å². The monoisotopic (exact) mass is 432 g/mol. The van der Waals surface area contributed by atoms with Crippen molar-refractivity contribution >= 4 is 81.0 Å². The maximum atomic E-state index is 3.37. The van der Waals surface area contributed by atoms with Gasteiger partial charge in [-0.2, -0.15) is 0 Å². The van der Waals surface area contributed by atoms with Crippen molar-refractivity contribution in [2.45, 2.75) is 0 Å². The Morgan fingerprint density at radius 3 is 1.07 bits per heavy atom. The van der Waals surface area contributed by atoms with Gasteiger partial charge in [0.25, 0.3) is 0 Å². The maximum Gasteiger partial charge on any atom is 0.0451 e. The Labute approximate surface area is 185 Å². The summed E-state index contributed by atoms with van der Waals surface area (Å²) in [5.41, 5.74) is 13.7. The zero-order valence-electron chi connectivity index (χ0n) is 15.7. The largest absolute Gasteiger partial charge is 0.134 e. The molecule has 0 aliphatic heterocycles. The molecule has 7 rings (SSSR count). The minimum absolute atomic E-state index is 1.18. The first-order valence-corrected chi connectivity index (χ1v) is 12.1. The summed E-state index contributed by atoms with van der Waals surface area (Å²) in [4.78, 5) is 3.85. The molecule has 0 N–H and O–H groups in total. The van der Waals surface area contributed by atoms with Crippen LogP contribution in [0.1, 0.15) is 14.6 Å². The standard InChI is InChI=1S/C27H12S3/c1-2-8-16(7-1)22-13-19-25(28-22)20-14-23(17-9-3-4-10-17)30-27(20)21-15-24(29-26(19)21)18-11-5-6-12-18/h1-7,9,11,13-15H. The third kappa shape index (κ3) is 2.34. The van der Waals surface area contributed by atoms with Gasteiger partial charge in [-0.1, -0.05) is 18.2 Å². The van der Waals surface area contributed by atoms with Gasteiger partial charge < -0.3 is 0 Å². The molecule has 0 spiro atoms. The third-order valence-corrected chi connectivity index (χ3v) is 9.13. The lowest BCUT2D eigenvalue weighted by Crippen LogP contribution is -1.68. The molecule has 0 amide bonds.